The van der Waals surface area contributed by atoms with Crippen molar-refractivity contribution < 1.29 is 23.5 Å². The molecule has 0 N–H and O–H groups in total. The number of para-hydroxylation sites is 2. The van der Waals surface area contributed by atoms with Crippen molar-refractivity contribution in [3.63, 3.8) is 0 Å². The number of methoxy groups -OCH3 is 1. The third kappa shape index (κ3) is 3.70. The molecule has 2 aromatic rings. The van der Waals surface area contributed by atoms with Crippen LogP contribution in [-0.2, 0) is 9.59 Å². The van der Waals surface area contributed by atoms with Gasteiger partial charge in [-0.2, -0.15) is 0 Å². The molecule has 8 heteroatoms. The van der Waals surface area contributed by atoms with Gasteiger partial charge < -0.3 is 23.9 Å². The van der Waals surface area contributed by atoms with Gasteiger partial charge in [0.2, 0.25) is 11.8 Å². The van der Waals surface area contributed by atoms with Gasteiger partial charge in [0, 0.05) is 39.1 Å². The molecule has 8 nitrogen and oxygen atoms in total. The number of nitrogens with zero attached hydrogens (tertiary/aromatic N) is 3. The summed E-state index contributed by atoms with van der Waals surface area (Å²) < 4.78 is 10.5. The number of hydrogen-bond acceptors (Lipinski definition) is 5. The van der Waals surface area contributed by atoms with Crippen molar-refractivity contribution in [2.75, 3.05) is 44.7 Å². The second-order valence-electron chi connectivity index (χ2n) is 7.17. The van der Waals surface area contributed by atoms with Gasteiger partial charge in [0.1, 0.15) is 5.75 Å². The molecule has 3 heterocycles. The number of rotatable bonds is 4. The maximum absolute atomic E-state index is 13.0. The molecule has 2 fully saturated rings. The normalized spacial score (nSPS) is 19.6. The Kier molecular flexibility index (Phi) is 5.24. The quantitative estimate of drug-likeness (QED) is 0.783. The molecule has 3 amide bonds. The highest BCUT2D eigenvalue weighted by atomic mass is 16.5. The molecular formula is C21H23N3O5. The number of piperazine rings is 1. The standard InChI is InChI=1S/C21H23N3O5/c1-28-17-6-3-2-5-16(17)24-14-15(13-19(24)25)20(26)22-8-10-23(11-9-22)21(27)18-7-4-12-29-18/h2-7,12,15H,8-11,13-14H2,1H3. The van der Waals surface area contributed by atoms with Gasteiger partial charge in [-0.05, 0) is 24.3 Å². The first kappa shape index (κ1) is 19.0. The molecule has 29 heavy (non-hydrogen) atoms. The number of hydrogen-bond donors (Lipinski definition) is 0. The topological polar surface area (TPSA) is 83.3 Å². The zero-order valence-electron chi connectivity index (χ0n) is 16.2. The Morgan fingerprint density at radius 3 is 2.45 bits per heavy atom. The Bertz CT molecular complexity index is 903. The molecule has 2 saturated heterocycles. The van der Waals surface area contributed by atoms with E-state index in [1.165, 1.54) is 6.26 Å². The van der Waals surface area contributed by atoms with Crippen LogP contribution in [0.2, 0.25) is 0 Å². The SMILES string of the molecule is COc1ccccc1N1CC(C(=O)N2CCN(C(=O)c3ccco3)CC2)CC1=O. The Labute approximate surface area is 168 Å². The first-order chi connectivity index (χ1) is 14.1. The largest absolute Gasteiger partial charge is 0.495 e. The predicted octanol–water partition coefficient (Wildman–Crippen LogP) is 1.63. The number of furan rings is 1. The molecule has 2 aliphatic rings. The second-order valence-corrected chi connectivity index (χ2v) is 7.17. The molecule has 0 saturated carbocycles. The van der Waals surface area contributed by atoms with E-state index in [4.69, 9.17) is 9.15 Å². The van der Waals surface area contributed by atoms with Crippen LogP contribution in [0.5, 0.6) is 5.75 Å². The predicted molar refractivity (Wildman–Crippen MR) is 105 cm³/mol. The van der Waals surface area contributed by atoms with Crippen molar-refractivity contribution in [2.24, 2.45) is 5.92 Å². The highest BCUT2D eigenvalue weighted by molar-refractivity contribution is 6.01. The van der Waals surface area contributed by atoms with Crippen LogP contribution < -0.4 is 9.64 Å². The van der Waals surface area contributed by atoms with E-state index in [0.717, 1.165) is 0 Å². The maximum Gasteiger partial charge on any atom is 0.289 e. The molecule has 1 atom stereocenters. The first-order valence-corrected chi connectivity index (χ1v) is 9.63. The van der Waals surface area contributed by atoms with Gasteiger partial charge in [-0.1, -0.05) is 12.1 Å². The average molecular weight is 397 g/mol. The van der Waals surface area contributed by atoms with Crippen LogP contribution in [-0.4, -0.2) is 67.4 Å². The summed E-state index contributed by atoms with van der Waals surface area (Å²) in [6, 6.07) is 10.6. The van der Waals surface area contributed by atoms with Crippen LogP contribution in [0.1, 0.15) is 17.0 Å². The fourth-order valence-corrected chi connectivity index (χ4v) is 3.90. The summed E-state index contributed by atoms with van der Waals surface area (Å²) in [5.74, 6) is 0.234. The minimum atomic E-state index is -0.389. The minimum Gasteiger partial charge on any atom is -0.495 e. The van der Waals surface area contributed by atoms with E-state index < -0.39 is 0 Å². The van der Waals surface area contributed by atoms with Gasteiger partial charge in [-0.3, -0.25) is 14.4 Å². The lowest BCUT2D eigenvalue weighted by molar-refractivity contribution is -0.137. The highest BCUT2D eigenvalue weighted by Crippen LogP contribution is 2.33. The van der Waals surface area contributed by atoms with E-state index in [0.29, 0.717) is 49.9 Å². The van der Waals surface area contributed by atoms with Crippen molar-refractivity contribution in [3.05, 3.63) is 48.4 Å². The van der Waals surface area contributed by atoms with Crippen molar-refractivity contribution in [1.82, 2.24) is 9.80 Å². The smallest absolute Gasteiger partial charge is 0.289 e. The van der Waals surface area contributed by atoms with Gasteiger partial charge in [-0.15, -0.1) is 0 Å². The molecule has 0 spiro atoms. The molecule has 2 aliphatic heterocycles. The van der Waals surface area contributed by atoms with E-state index in [1.54, 1.807) is 40.0 Å². The summed E-state index contributed by atoms with van der Waals surface area (Å²) in [6.45, 7) is 2.13. The average Bonchev–Trinajstić information content (AvgIpc) is 3.43. The number of amides is 3. The van der Waals surface area contributed by atoms with Gasteiger partial charge in [-0.25, -0.2) is 0 Å². The summed E-state index contributed by atoms with van der Waals surface area (Å²) in [5, 5.41) is 0. The third-order valence-corrected chi connectivity index (χ3v) is 5.46. The van der Waals surface area contributed by atoms with Crippen molar-refractivity contribution in [3.8, 4) is 5.75 Å². The van der Waals surface area contributed by atoms with Crippen LogP contribution in [0.3, 0.4) is 0 Å². The van der Waals surface area contributed by atoms with Crippen LogP contribution in [0.25, 0.3) is 0 Å². The van der Waals surface area contributed by atoms with Gasteiger partial charge >= 0.3 is 0 Å². The number of carbonyl (C=O) groups is 3. The zero-order valence-corrected chi connectivity index (χ0v) is 16.2. The molecule has 1 aromatic carbocycles. The molecule has 1 aromatic heterocycles. The Morgan fingerprint density at radius 1 is 1.03 bits per heavy atom. The summed E-state index contributed by atoms with van der Waals surface area (Å²) in [5.41, 5.74) is 0.684. The minimum absolute atomic E-state index is 0.0409. The summed E-state index contributed by atoms with van der Waals surface area (Å²) in [7, 11) is 1.56. The number of benzene rings is 1. The van der Waals surface area contributed by atoms with E-state index in [-0.39, 0.29) is 30.1 Å². The summed E-state index contributed by atoms with van der Waals surface area (Å²) >= 11 is 0. The van der Waals surface area contributed by atoms with Gasteiger partial charge in [0.25, 0.3) is 5.91 Å². The summed E-state index contributed by atoms with van der Waals surface area (Å²) in [6.07, 6.45) is 1.65. The van der Waals surface area contributed by atoms with Crippen molar-refractivity contribution in [2.45, 2.75) is 6.42 Å². The fraction of sp³-hybridized carbons (Fsp3) is 0.381. The Hall–Kier alpha value is -3.29. The highest BCUT2D eigenvalue weighted by Gasteiger charge is 2.39. The number of ether oxygens (including phenoxy) is 1. The second kappa shape index (κ2) is 7.98. The van der Waals surface area contributed by atoms with Crippen molar-refractivity contribution >= 4 is 23.4 Å². The van der Waals surface area contributed by atoms with E-state index >= 15 is 0 Å². The van der Waals surface area contributed by atoms with Crippen LogP contribution in [0.4, 0.5) is 5.69 Å². The number of carbonyl (C=O) groups excluding carboxylic acids is 3. The van der Waals surface area contributed by atoms with E-state index in [2.05, 4.69) is 0 Å². The zero-order chi connectivity index (χ0) is 20.4. The number of anilines is 1. The Balaban J connectivity index is 1.37. The van der Waals surface area contributed by atoms with E-state index in [1.807, 2.05) is 18.2 Å². The molecule has 1 unspecified atom stereocenters. The van der Waals surface area contributed by atoms with Crippen LogP contribution >= 0.6 is 0 Å². The molecular weight excluding hydrogens is 374 g/mol. The molecule has 152 valence electrons. The van der Waals surface area contributed by atoms with Gasteiger partial charge in [0.15, 0.2) is 5.76 Å². The van der Waals surface area contributed by atoms with Crippen LogP contribution in [0, 0.1) is 5.92 Å². The lowest BCUT2D eigenvalue weighted by Gasteiger charge is -2.35. The molecule has 0 aliphatic carbocycles. The van der Waals surface area contributed by atoms with Gasteiger partial charge in [0.05, 0.1) is 25.0 Å². The van der Waals surface area contributed by atoms with Crippen LogP contribution in [0.15, 0.2) is 47.1 Å². The van der Waals surface area contributed by atoms with Crippen molar-refractivity contribution in [1.29, 1.82) is 0 Å². The maximum atomic E-state index is 13.0. The lowest BCUT2D eigenvalue weighted by Crippen LogP contribution is -2.52. The lowest BCUT2D eigenvalue weighted by atomic mass is 10.1. The molecule has 4 rings (SSSR count). The first-order valence-electron chi connectivity index (χ1n) is 9.63. The fourth-order valence-electron chi connectivity index (χ4n) is 3.90. The molecule has 0 bridgehead atoms. The van der Waals surface area contributed by atoms with E-state index in [9.17, 15) is 14.4 Å². The third-order valence-electron chi connectivity index (χ3n) is 5.46. The monoisotopic (exact) mass is 397 g/mol. The summed E-state index contributed by atoms with van der Waals surface area (Å²) in [4.78, 5) is 42.9. The molecule has 0 radical (unpaired) electrons. The Morgan fingerprint density at radius 2 is 1.76 bits per heavy atom.